The van der Waals surface area contributed by atoms with E-state index < -0.39 is 11.8 Å². The highest BCUT2D eigenvalue weighted by Gasteiger charge is 2.31. The van der Waals surface area contributed by atoms with Gasteiger partial charge in [0.1, 0.15) is 17.3 Å². The first-order valence-corrected chi connectivity index (χ1v) is 10.5. The second-order valence-corrected chi connectivity index (χ2v) is 7.99. The lowest BCUT2D eigenvalue weighted by molar-refractivity contribution is -0.128. The van der Waals surface area contributed by atoms with Crippen LogP contribution in [0.3, 0.4) is 0 Å². The minimum absolute atomic E-state index is 0.0181. The van der Waals surface area contributed by atoms with Crippen molar-refractivity contribution in [2.75, 3.05) is 13.7 Å². The average Bonchev–Trinajstić information content (AvgIpc) is 3.17. The fraction of sp³-hybridized carbons (Fsp3) is 0.200. The number of hydrogen-bond donors (Lipinski definition) is 0. The topological polar surface area (TPSA) is 55.8 Å². The average molecular weight is 454 g/mol. The van der Waals surface area contributed by atoms with E-state index in [1.807, 2.05) is 30.3 Å². The first kappa shape index (κ1) is 21.8. The molecule has 1 heterocycles. The number of halogens is 2. The van der Waals surface area contributed by atoms with Crippen molar-refractivity contribution in [2.24, 2.45) is 0 Å². The molecule has 1 amide bonds. The molecule has 0 spiro atoms. The number of ether oxygens (including phenoxy) is 2. The number of methoxy groups -OCH3 is 1. The van der Waals surface area contributed by atoms with Gasteiger partial charge in [-0.1, -0.05) is 48.0 Å². The summed E-state index contributed by atoms with van der Waals surface area (Å²) in [4.78, 5) is 26.5. The van der Waals surface area contributed by atoms with Crippen molar-refractivity contribution in [3.63, 3.8) is 0 Å². The Morgan fingerprint density at radius 3 is 2.62 bits per heavy atom. The third-order valence-electron chi connectivity index (χ3n) is 5.45. The van der Waals surface area contributed by atoms with Gasteiger partial charge in [0.25, 0.3) is 0 Å². The van der Waals surface area contributed by atoms with Crippen molar-refractivity contribution in [2.45, 2.75) is 18.9 Å². The normalized spacial score (nSPS) is 15.7. The molecule has 0 radical (unpaired) electrons. The highest BCUT2D eigenvalue weighted by Crippen LogP contribution is 2.33. The van der Waals surface area contributed by atoms with Crippen molar-refractivity contribution in [1.82, 2.24) is 4.90 Å². The van der Waals surface area contributed by atoms with Gasteiger partial charge in [0, 0.05) is 37.1 Å². The predicted molar refractivity (Wildman–Crippen MR) is 118 cm³/mol. The Labute approximate surface area is 190 Å². The molecule has 164 valence electrons. The van der Waals surface area contributed by atoms with Crippen LogP contribution in [0.15, 0.2) is 66.7 Å². The van der Waals surface area contributed by atoms with Gasteiger partial charge in [0.2, 0.25) is 5.91 Å². The summed E-state index contributed by atoms with van der Waals surface area (Å²) < 4.78 is 24.6. The van der Waals surface area contributed by atoms with Crippen LogP contribution in [0.4, 0.5) is 4.39 Å². The first-order chi connectivity index (χ1) is 15.4. The highest BCUT2D eigenvalue weighted by atomic mass is 35.5. The largest absolute Gasteiger partial charge is 0.465 e. The highest BCUT2D eigenvalue weighted by molar-refractivity contribution is 6.30. The molecular weight excluding hydrogens is 433 g/mol. The molecule has 0 saturated carbocycles. The number of esters is 1. The van der Waals surface area contributed by atoms with E-state index in [0.717, 1.165) is 5.56 Å². The smallest absolute Gasteiger partial charge is 0.337 e. The van der Waals surface area contributed by atoms with E-state index in [2.05, 4.69) is 0 Å². The zero-order valence-electron chi connectivity index (χ0n) is 17.4. The number of rotatable bonds is 6. The number of amides is 1. The zero-order valence-corrected chi connectivity index (χ0v) is 18.1. The summed E-state index contributed by atoms with van der Waals surface area (Å²) in [5, 5.41) is -0.0181. The molecule has 1 aliphatic rings. The molecule has 0 aromatic heterocycles. The lowest BCUT2D eigenvalue weighted by atomic mass is 9.98. The van der Waals surface area contributed by atoms with Gasteiger partial charge < -0.3 is 14.4 Å². The van der Waals surface area contributed by atoms with Gasteiger partial charge in [-0.05, 0) is 29.8 Å². The Balaban J connectivity index is 1.60. The van der Waals surface area contributed by atoms with Crippen molar-refractivity contribution >= 4 is 23.5 Å². The molecule has 3 aromatic carbocycles. The van der Waals surface area contributed by atoms with E-state index >= 15 is 0 Å². The van der Waals surface area contributed by atoms with Crippen LogP contribution in [0, 0.1) is 5.82 Å². The molecule has 1 atom stereocenters. The van der Waals surface area contributed by atoms with Crippen molar-refractivity contribution in [3.05, 3.63) is 94.3 Å². The van der Waals surface area contributed by atoms with Crippen molar-refractivity contribution in [3.8, 4) is 11.5 Å². The summed E-state index contributed by atoms with van der Waals surface area (Å²) in [6.07, 6.45) is 0.433. The summed E-state index contributed by atoms with van der Waals surface area (Å²) in [5.41, 5.74) is 2.10. The fourth-order valence-electron chi connectivity index (χ4n) is 3.77. The second kappa shape index (κ2) is 9.40. The third kappa shape index (κ3) is 4.75. The van der Waals surface area contributed by atoms with Crippen molar-refractivity contribution in [1.29, 1.82) is 0 Å². The van der Waals surface area contributed by atoms with Gasteiger partial charge in [-0.25, -0.2) is 9.18 Å². The molecular formula is C25H21ClFNO4. The first-order valence-electron chi connectivity index (χ1n) is 10.1. The molecule has 5 nitrogen and oxygen atoms in total. The van der Waals surface area contributed by atoms with Crippen LogP contribution >= 0.6 is 11.6 Å². The lowest BCUT2D eigenvalue weighted by Gasteiger charge is -2.20. The van der Waals surface area contributed by atoms with E-state index in [0.29, 0.717) is 30.8 Å². The Kier molecular flexibility index (Phi) is 6.42. The standard InChI is InChI=1S/C25H21ClFNO4/c1-31-25(30)17-7-8-18(23(11-17)32-20-9-10-21(26)22(27)13-20)14-28-15-19(12-24(28)29)16-5-3-2-4-6-16/h2-11,13,19H,12,14-15H2,1H3. The maximum atomic E-state index is 13.9. The van der Waals surface area contributed by atoms with E-state index in [1.165, 1.54) is 31.4 Å². The maximum Gasteiger partial charge on any atom is 0.337 e. The molecule has 0 bridgehead atoms. The molecule has 32 heavy (non-hydrogen) atoms. The van der Waals surface area contributed by atoms with E-state index in [-0.39, 0.29) is 28.2 Å². The second-order valence-electron chi connectivity index (χ2n) is 7.58. The Hall–Kier alpha value is -3.38. The number of nitrogens with zero attached hydrogens (tertiary/aromatic N) is 1. The van der Waals surface area contributed by atoms with Crippen molar-refractivity contribution < 1.29 is 23.5 Å². The Morgan fingerprint density at radius 1 is 1.12 bits per heavy atom. The molecule has 4 rings (SSSR count). The number of hydrogen-bond acceptors (Lipinski definition) is 4. The Morgan fingerprint density at radius 2 is 1.91 bits per heavy atom. The van der Waals surface area contributed by atoms with Crippen LogP contribution in [-0.2, 0) is 16.1 Å². The minimum atomic E-state index is -0.615. The van der Waals surface area contributed by atoms with E-state index in [9.17, 15) is 14.0 Å². The maximum absolute atomic E-state index is 13.9. The SMILES string of the molecule is COC(=O)c1ccc(CN2CC(c3ccccc3)CC2=O)c(Oc2ccc(Cl)c(F)c2)c1. The van der Waals surface area contributed by atoms with Crippen LogP contribution in [0.25, 0.3) is 0 Å². The molecule has 1 fully saturated rings. The predicted octanol–water partition coefficient (Wildman–Crippen LogP) is 5.57. The van der Waals surface area contributed by atoms with Crippen LogP contribution in [0.2, 0.25) is 5.02 Å². The molecule has 1 aliphatic heterocycles. The van der Waals surface area contributed by atoms with Gasteiger partial charge >= 0.3 is 5.97 Å². The fourth-order valence-corrected chi connectivity index (χ4v) is 3.89. The summed E-state index contributed by atoms with van der Waals surface area (Å²) in [5.74, 6) is -0.414. The molecule has 1 saturated heterocycles. The zero-order chi connectivity index (χ0) is 22.7. The van der Waals surface area contributed by atoms with Crippen LogP contribution < -0.4 is 4.74 Å². The summed E-state index contributed by atoms with van der Waals surface area (Å²) >= 11 is 5.76. The van der Waals surface area contributed by atoms with Gasteiger partial charge in [-0.3, -0.25) is 4.79 Å². The van der Waals surface area contributed by atoms with Crippen LogP contribution in [-0.4, -0.2) is 30.4 Å². The molecule has 0 N–H and O–H groups in total. The van der Waals surface area contributed by atoms with Gasteiger partial charge in [-0.2, -0.15) is 0 Å². The Bertz CT molecular complexity index is 1150. The monoisotopic (exact) mass is 453 g/mol. The van der Waals surface area contributed by atoms with Gasteiger partial charge in [-0.15, -0.1) is 0 Å². The number of likely N-dealkylation sites (tertiary alicyclic amines) is 1. The van der Waals surface area contributed by atoms with Gasteiger partial charge in [0.15, 0.2) is 0 Å². The van der Waals surface area contributed by atoms with Gasteiger partial charge in [0.05, 0.1) is 17.7 Å². The van der Waals surface area contributed by atoms with E-state index in [1.54, 1.807) is 17.0 Å². The van der Waals surface area contributed by atoms with E-state index in [4.69, 9.17) is 21.1 Å². The summed E-state index contributed by atoms with van der Waals surface area (Å²) in [6, 6.07) is 18.9. The quantitative estimate of drug-likeness (QED) is 0.457. The lowest BCUT2D eigenvalue weighted by Crippen LogP contribution is -2.24. The molecule has 3 aromatic rings. The number of carbonyl (C=O) groups is 2. The van der Waals surface area contributed by atoms with Crippen LogP contribution in [0.5, 0.6) is 11.5 Å². The number of benzene rings is 3. The molecule has 7 heteroatoms. The summed E-state index contributed by atoms with van der Waals surface area (Å²) in [7, 11) is 1.29. The third-order valence-corrected chi connectivity index (χ3v) is 5.76. The number of carbonyl (C=O) groups excluding carboxylic acids is 2. The minimum Gasteiger partial charge on any atom is -0.465 e. The van der Waals surface area contributed by atoms with Crippen LogP contribution in [0.1, 0.15) is 33.8 Å². The summed E-state index contributed by atoms with van der Waals surface area (Å²) in [6.45, 7) is 0.881. The molecule has 1 unspecified atom stereocenters. The molecule has 0 aliphatic carbocycles.